The van der Waals surface area contributed by atoms with E-state index in [0.29, 0.717) is 21.8 Å². The number of anilines is 1. The minimum Gasteiger partial charge on any atom is -0.368 e. The molecule has 2 heterocycles. The number of aromatic nitrogens is 2. The summed E-state index contributed by atoms with van der Waals surface area (Å²) in [6.45, 7) is 0. The van der Waals surface area contributed by atoms with Crippen LogP contribution in [0.1, 0.15) is 5.69 Å². The topological polar surface area (TPSA) is 115 Å². The molecule has 1 amide bonds. The van der Waals surface area contributed by atoms with Crippen LogP contribution in [0.5, 0.6) is 0 Å². The average molecular weight is 302 g/mol. The smallest absolute Gasteiger partial charge is 0.280 e. The molecule has 1 aromatic carbocycles. The number of amides is 1. The van der Waals surface area contributed by atoms with Crippen LogP contribution >= 0.6 is 0 Å². The zero-order valence-corrected chi connectivity index (χ0v) is 11.8. The molecule has 106 valence electrons. The van der Waals surface area contributed by atoms with Crippen LogP contribution in [0.25, 0.3) is 5.57 Å². The van der Waals surface area contributed by atoms with Crippen LogP contribution in [-0.2, 0) is 14.6 Å². The Morgan fingerprint density at radius 3 is 2.62 bits per heavy atom. The summed E-state index contributed by atoms with van der Waals surface area (Å²) in [6.07, 6.45) is 2.54. The van der Waals surface area contributed by atoms with E-state index in [4.69, 9.17) is 5.73 Å². The maximum atomic E-state index is 12.0. The summed E-state index contributed by atoms with van der Waals surface area (Å²) in [4.78, 5) is 23.8. The Labute approximate surface area is 119 Å². The van der Waals surface area contributed by atoms with Gasteiger partial charge in [-0.25, -0.2) is 23.4 Å². The number of hydrogen-bond donors (Lipinski definition) is 1. The van der Waals surface area contributed by atoms with Crippen LogP contribution in [0.3, 0.4) is 0 Å². The van der Waals surface area contributed by atoms with Gasteiger partial charge in [-0.15, -0.1) is 0 Å². The minimum atomic E-state index is -3.36. The Hall–Kier alpha value is -2.61. The third-order valence-electron chi connectivity index (χ3n) is 3.03. The van der Waals surface area contributed by atoms with Crippen molar-refractivity contribution in [2.45, 2.75) is 4.90 Å². The van der Waals surface area contributed by atoms with E-state index in [1.165, 1.54) is 18.3 Å². The Morgan fingerprint density at radius 1 is 1.19 bits per heavy atom. The molecule has 21 heavy (non-hydrogen) atoms. The first-order valence-electron chi connectivity index (χ1n) is 5.92. The monoisotopic (exact) mass is 302 g/mol. The fourth-order valence-corrected chi connectivity index (χ4v) is 2.73. The maximum Gasteiger partial charge on any atom is 0.280 e. The zero-order chi connectivity index (χ0) is 15.2. The number of carbonyl (C=O) groups excluding carboxylic acids is 1. The van der Waals surface area contributed by atoms with Crippen LogP contribution in [0, 0.1) is 0 Å². The van der Waals surface area contributed by atoms with E-state index in [2.05, 4.69) is 15.0 Å². The molecular formula is C13H10N4O3S. The van der Waals surface area contributed by atoms with E-state index < -0.39 is 15.7 Å². The first-order chi connectivity index (χ1) is 9.86. The van der Waals surface area contributed by atoms with Gasteiger partial charge < -0.3 is 5.73 Å². The van der Waals surface area contributed by atoms with E-state index in [9.17, 15) is 13.2 Å². The lowest BCUT2D eigenvalue weighted by molar-refractivity contribution is -0.112. The summed E-state index contributed by atoms with van der Waals surface area (Å²) in [7, 11) is -3.36. The number of nitrogens with zero attached hydrogens (tertiary/aromatic N) is 3. The molecule has 2 N–H and O–H groups in total. The number of fused-ring (bicyclic) bond motifs is 1. The quantitative estimate of drug-likeness (QED) is 0.746. The molecule has 0 aliphatic carbocycles. The second-order valence-corrected chi connectivity index (χ2v) is 6.56. The van der Waals surface area contributed by atoms with Gasteiger partial charge in [0.2, 0.25) is 5.95 Å². The van der Waals surface area contributed by atoms with E-state index in [1.54, 1.807) is 12.1 Å². The Kier molecular flexibility index (Phi) is 2.84. The number of carbonyl (C=O) groups is 1. The molecule has 0 atom stereocenters. The molecule has 7 nitrogen and oxygen atoms in total. The molecule has 2 aromatic rings. The molecule has 8 heteroatoms. The molecule has 0 radical (unpaired) electrons. The second-order valence-electron chi connectivity index (χ2n) is 4.54. The molecule has 1 aliphatic heterocycles. The lowest BCUT2D eigenvalue weighted by Crippen LogP contribution is -2.24. The molecule has 1 aliphatic rings. The Balaban J connectivity index is 2.32. The lowest BCUT2D eigenvalue weighted by atomic mass is 10.1. The molecule has 0 spiro atoms. The third kappa shape index (κ3) is 2.29. The first kappa shape index (κ1) is 13.4. The molecule has 1 aromatic heterocycles. The summed E-state index contributed by atoms with van der Waals surface area (Å²) in [5.41, 5.74) is 6.17. The first-order valence-corrected chi connectivity index (χ1v) is 7.82. The van der Waals surface area contributed by atoms with Crippen LogP contribution < -0.4 is 16.3 Å². The standard InChI is InChI=1S/C13H10N4O3S/c1-21(19,20)7-2-3-8-10(6-7)16-12(18)11(8)9-4-5-15-13(14)17-9/h2-6H,1H3,(H2,14,15,17). The van der Waals surface area contributed by atoms with Gasteiger partial charge in [-0.2, -0.15) is 0 Å². The SMILES string of the molecule is CS(=O)(=O)c1ccc2c(c1)=NC(=O)C=2c1ccnc(N)n1. The highest BCUT2D eigenvalue weighted by Crippen LogP contribution is 2.13. The molecule has 3 rings (SSSR count). The average Bonchev–Trinajstić information content (AvgIpc) is 2.72. The van der Waals surface area contributed by atoms with Gasteiger partial charge in [-0.1, -0.05) is 6.07 Å². The molecule has 0 unspecified atom stereocenters. The molecule has 0 saturated carbocycles. The zero-order valence-electron chi connectivity index (χ0n) is 10.9. The van der Waals surface area contributed by atoms with E-state index in [1.807, 2.05) is 0 Å². The highest BCUT2D eigenvalue weighted by Gasteiger charge is 2.21. The molecular weight excluding hydrogens is 292 g/mol. The van der Waals surface area contributed by atoms with E-state index in [-0.39, 0.29) is 10.8 Å². The van der Waals surface area contributed by atoms with Crippen molar-refractivity contribution >= 4 is 27.3 Å². The van der Waals surface area contributed by atoms with Gasteiger partial charge in [-0.3, -0.25) is 4.79 Å². The van der Waals surface area contributed by atoms with Crippen molar-refractivity contribution in [3.05, 3.63) is 46.7 Å². The summed E-state index contributed by atoms with van der Waals surface area (Å²) < 4.78 is 23.1. The highest BCUT2D eigenvalue weighted by molar-refractivity contribution is 7.90. The molecule has 0 saturated heterocycles. The second kappa shape index (κ2) is 4.45. The van der Waals surface area contributed by atoms with Gasteiger partial charge in [0.05, 0.1) is 21.5 Å². The number of sulfone groups is 1. The molecule has 0 bridgehead atoms. The van der Waals surface area contributed by atoms with Crippen LogP contribution in [0.4, 0.5) is 5.95 Å². The van der Waals surface area contributed by atoms with Crippen molar-refractivity contribution in [2.75, 3.05) is 12.0 Å². The van der Waals surface area contributed by atoms with Crippen molar-refractivity contribution in [2.24, 2.45) is 4.99 Å². The lowest BCUT2D eigenvalue weighted by Gasteiger charge is -2.00. The fourth-order valence-electron chi connectivity index (χ4n) is 2.09. The number of rotatable bonds is 2. The van der Waals surface area contributed by atoms with Crippen molar-refractivity contribution in [3.8, 4) is 0 Å². The predicted molar refractivity (Wildman–Crippen MR) is 74.3 cm³/mol. The Bertz CT molecular complexity index is 996. The number of nitrogens with two attached hydrogens (primary N) is 1. The van der Waals surface area contributed by atoms with Crippen molar-refractivity contribution in [1.82, 2.24) is 9.97 Å². The van der Waals surface area contributed by atoms with Gasteiger partial charge in [0.1, 0.15) is 0 Å². The largest absolute Gasteiger partial charge is 0.368 e. The minimum absolute atomic E-state index is 0.0500. The van der Waals surface area contributed by atoms with Crippen LogP contribution in [0.15, 0.2) is 40.4 Å². The Morgan fingerprint density at radius 2 is 1.95 bits per heavy atom. The highest BCUT2D eigenvalue weighted by atomic mass is 32.2. The summed E-state index contributed by atoms with van der Waals surface area (Å²) >= 11 is 0. The van der Waals surface area contributed by atoms with Gasteiger partial charge >= 0.3 is 0 Å². The molecule has 0 fully saturated rings. The summed E-state index contributed by atoms with van der Waals surface area (Å²) in [5, 5.41) is 0.848. The number of hydrogen-bond acceptors (Lipinski definition) is 6. The van der Waals surface area contributed by atoms with Crippen LogP contribution in [0.2, 0.25) is 0 Å². The van der Waals surface area contributed by atoms with Gasteiger partial charge in [-0.05, 0) is 18.2 Å². The van der Waals surface area contributed by atoms with E-state index in [0.717, 1.165) is 6.26 Å². The van der Waals surface area contributed by atoms with Gasteiger partial charge in [0.25, 0.3) is 5.91 Å². The van der Waals surface area contributed by atoms with Gasteiger partial charge in [0.15, 0.2) is 9.84 Å². The third-order valence-corrected chi connectivity index (χ3v) is 4.14. The van der Waals surface area contributed by atoms with Crippen molar-refractivity contribution in [3.63, 3.8) is 0 Å². The summed E-state index contributed by atoms with van der Waals surface area (Å²) in [6, 6.07) is 5.92. The maximum absolute atomic E-state index is 12.0. The van der Waals surface area contributed by atoms with Crippen LogP contribution in [-0.4, -0.2) is 30.5 Å². The van der Waals surface area contributed by atoms with Crippen molar-refractivity contribution < 1.29 is 13.2 Å². The van der Waals surface area contributed by atoms with E-state index >= 15 is 0 Å². The van der Waals surface area contributed by atoms with Gasteiger partial charge in [0, 0.05) is 17.7 Å². The normalized spacial score (nSPS) is 14.0. The summed E-state index contributed by atoms with van der Waals surface area (Å²) in [5.74, 6) is -0.428. The number of nitrogen functional groups attached to an aromatic ring is 1. The number of benzene rings is 1. The predicted octanol–water partition coefficient (Wildman–Crippen LogP) is -1.18. The fraction of sp³-hybridized carbons (Fsp3) is 0.0769. The van der Waals surface area contributed by atoms with Crippen molar-refractivity contribution in [1.29, 1.82) is 0 Å².